The van der Waals surface area contributed by atoms with Gasteiger partial charge in [-0.05, 0) is 39.2 Å². The highest BCUT2D eigenvalue weighted by Gasteiger charge is 2.31. The minimum absolute atomic E-state index is 0.136. The van der Waals surface area contributed by atoms with Gasteiger partial charge in [0.1, 0.15) is 5.82 Å². The van der Waals surface area contributed by atoms with Crippen LogP contribution in [-0.2, 0) is 4.79 Å². The average molecular weight is 249 g/mol. The number of rotatable bonds is 4. The Hall–Kier alpha value is -1.43. The number of nitrogens with zero attached hydrogens (tertiary/aromatic N) is 3. The number of hydrogen-bond donors (Lipinski definition) is 2. The van der Waals surface area contributed by atoms with Crippen molar-refractivity contribution in [2.45, 2.75) is 44.7 Å². The van der Waals surface area contributed by atoms with Crippen molar-refractivity contribution in [3.63, 3.8) is 0 Å². The molecule has 98 valence electrons. The summed E-state index contributed by atoms with van der Waals surface area (Å²) in [4.78, 5) is 18.4. The molecule has 1 aromatic rings. The maximum Gasteiger partial charge on any atom is 0.234 e. The maximum atomic E-state index is 11.8. The lowest BCUT2D eigenvalue weighted by molar-refractivity contribution is -0.122. The summed E-state index contributed by atoms with van der Waals surface area (Å²) in [5.41, 5.74) is 0. The summed E-state index contributed by atoms with van der Waals surface area (Å²) in [6.07, 6.45) is 4.41. The molecule has 1 amide bonds. The van der Waals surface area contributed by atoms with Gasteiger partial charge in [0.2, 0.25) is 5.91 Å². The lowest BCUT2D eigenvalue weighted by Gasteiger charge is -2.21. The largest absolute Gasteiger partial charge is 0.352 e. The molecule has 2 heterocycles. The van der Waals surface area contributed by atoms with Crippen molar-refractivity contribution in [1.82, 2.24) is 25.4 Å². The van der Waals surface area contributed by atoms with Crippen molar-refractivity contribution in [1.29, 1.82) is 0 Å². The van der Waals surface area contributed by atoms with Crippen LogP contribution in [0.2, 0.25) is 0 Å². The van der Waals surface area contributed by atoms with Gasteiger partial charge in [0.15, 0.2) is 5.82 Å². The fraction of sp³-hybridized carbons (Fsp3) is 0.750. The van der Waals surface area contributed by atoms with Crippen LogP contribution in [0.25, 0.3) is 0 Å². The molecule has 1 saturated heterocycles. The van der Waals surface area contributed by atoms with Crippen molar-refractivity contribution in [3.05, 3.63) is 11.6 Å². The quantitative estimate of drug-likeness (QED) is 0.816. The molecule has 18 heavy (non-hydrogen) atoms. The van der Waals surface area contributed by atoms with E-state index in [-0.39, 0.29) is 11.9 Å². The van der Waals surface area contributed by atoms with E-state index >= 15 is 0 Å². The topological polar surface area (TPSA) is 73.9 Å². The third-order valence-electron chi connectivity index (χ3n) is 3.57. The van der Waals surface area contributed by atoms with Crippen LogP contribution in [0.3, 0.4) is 0 Å². The van der Waals surface area contributed by atoms with Crippen LogP contribution in [0.4, 0.5) is 0 Å². The second kappa shape index (κ2) is 4.68. The van der Waals surface area contributed by atoms with E-state index in [1.807, 2.05) is 6.92 Å². The number of carbonyl (C=O) groups is 1. The second-order valence-electron chi connectivity index (χ2n) is 5.25. The zero-order valence-corrected chi connectivity index (χ0v) is 10.6. The molecule has 3 rings (SSSR count). The predicted octanol–water partition coefficient (Wildman–Crippen LogP) is 0.529. The van der Waals surface area contributed by atoms with Crippen LogP contribution in [0.15, 0.2) is 0 Å². The molecule has 1 saturated carbocycles. The van der Waals surface area contributed by atoms with Gasteiger partial charge in [0.05, 0.1) is 12.6 Å². The van der Waals surface area contributed by atoms with Crippen LogP contribution in [-0.4, -0.2) is 45.1 Å². The Morgan fingerprint density at radius 1 is 1.50 bits per heavy atom. The minimum Gasteiger partial charge on any atom is -0.352 e. The van der Waals surface area contributed by atoms with Crippen LogP contribution in [0.1, 0.15) is 43.4 Å². The number of aryl methyl sites for hydroxylation is 1. The summed E-state index contributed by atoms with van der Waals surface area (Å²) >= 11 is 0. The molecule has 1 aliphatic carbocycles. The van der Waals surface area contributed by atoms with Gasteiger partial charge < -0.3 is 5.32 Å². The Morgan fingerprint density at radius 3 is 3.00 bits per heavy atom. The number of aromatic nitrogens is 3. The minimum atomic E-state index is 0.136. The van der Waals surface area contributed by atoms with Gasteiger partial charge >= 0.3 is 0 Å². The first-order valence-corrected chi connectivity index (χ1v) is 6.64. The van der Waals surface area contributed by atoms with Crippen molar-refractivity contribution in [2.24, 2.45) is 0 Å². The molecule has 2 N–H and O–H groups in total. The number of carbonyl (C=O) groups excluding carboxylic acids is 1. The molecular weight excluding hydrogens is 230 g/mol. The van der Waals surface area contributed by atoms with Crippen LogP contribution in [0.5, 0.6) is 0 Å². The molecular formula is C12H19N5O. The van der Waals surface area contributed by atoms with Crippen molar-refractivity contribution in [2.75, 3.05) is 13.1 Å². The number of nitrogens with one attached hydrogen (secondary N) is 2. The highest BCUT2D eigenvalue weighted by molar-refractivity contribution is 5.78. The normalized spacial score (nSPS) is 24.4. The highest BCUT2D eigenvalue weighted by Crippen LogP contribution is 2.29. The molecule has 2 aliphatic rings. The van der Waals surface area contributed by atoms with Gasteiger partial charge in [-0.15, -0.1) is 0 Å². The molecule has 1 atom stereocenters. The fourth-order valence-corrected chi connectivity index (χ4v) is 2.50. The number of hydrogen-bond acceptors (Lipinski definition) is 4. The molecule has 2 fully saturated rings. The van der Waals surface area contributed by atoms with E-state index < -0.39 is 0 Å². The Morgan fingerprint density at radius 2 is 2.33 bits per heavy atom. The van der Waals surface area contributed by atoms with Gasteiger partial charge in [-0.25, -0.2) is 4.98 Å². The fourth-order valence-electron chi connectivity index (χ4n) is 2.50. The van der Waals surface area contributed by atoms with Gasteiger partial charge in [-0.1, -0.05) is 0 Å². The molecule has 6 heteroatoms. The van der Waals surface area contributed by atoms with E-state index in [4.69, 9.17) is 0 Å². The zero-order valence-electron chi connectivity index (χ0n) is 10.6. The molecule has 6 nitrogen and oxygen atoms in total. The first kappa shape index (κ1) is 11.6. The Labute approximate surface area is 106 Å². The Balaban J connectivity index is 1.61. The number of amides is 1. The lowest BCUT2D eigenvalue weighted by atomic mass is 10.2. The van der Waals surface area contributed by atoms with Crippen molar-refractivity contribution >= 4 is 5.91 Å². The summed E-state index contributed by atoms with van der Waals surface area (Å²) in [5.74, 6) is 1.79. The van der Waals surface area contributed by atoms with Gasteiger partial charge in [-0.2, -0.15) is 5.10 Å². The van der Waals surface area contributed by atoms with Crippen LogP contribution < -0.4 is 5.32 Å². The summed E-state index contributed by atoms with van der Waals surface area (Å²) in [7, 11) is 0. The molecule has 0 aromatic carbocycles. The van der Waals surface area contributed by atoms with Crippen LogP contribution in [0, 0.1) is 6.92 Å². The first-order chi connectivity index (χ1) is 8.72. The molecule has 0 radical (unpaired) electrons. The summed E-state index contributed by atoms with van der Waals surface area (Å²) in [5, 5.41) is 10.1. The van der Waals surface area contributed by atoms with E-state index in [2.05, 4.69) is 25.4 Å². The predicted molar refractivity (Wildman–Crippen MR) is 65.8 cm³/mol. The van der Waals surface area contributed by atoms with Crippen molar-refractivity contribution in [3.8, 4) is 0 Å². The maximum absolute atomic E-state index is 11.8. The monoisotopic (exact) mass is 249 g/mol. The number of aromatic amines is 1. The molecule has 1 aromatic heterocycles. The first-order valence-electron chi connectivity index (χ1n) is 6.64. The van der Waals surface area contributed by atoms with E-state index in [9.17, 15) is 4.79 Å². The van der Waals surface area contributed by atoms with Gasteiger partial charge in [0, 0.05) is 6.04 Å². The zero-order chi connectivity index (χ0) is 12.5. The Bertz CT molecular complexity index is 439. The summed E-state index contributed by atoms with van der Waals surface area (Å²) < 4.78 is 0. The SMILES string of the molecule is Cc1nc([C@@H]2CCCN2CC(=O)NC2CC2)n[nH]1. The average Bonchev–Trinajstić information content (AvgIpc) is 2.85. The second-order valence-corrected chi connectivity index (χ2v) is 5.25. The third kappa shape index (κ3) is 2.53. The van der Waals surface area contributed by atoms with Crippen LogP contribution >= 0.6 is 0 Å². The molecule has 0 bridgehead atoms. The Kier molecular flexibility index (Phi) is 3.03. The molecule has 0 spiro atoms. The third-order valence-corrected chi connectivity index (χ3v) is 3.57. The van der Waals surface area contributed by atoms with E-state index in [0.29, 0.717) is 12.6 Å². The van der Waals surface area contributed by atoms with E-state index in [1.165, 1.54) is 0 Å². The molecule has 0 unspecified atom stereocenters. The highest BCUT2D eigenvalue weighted by atomic mass is 16.2. The smallest absolute Gasteiger partial charge is 0.234 e. The number of likely N-dealkylation sites (tertiary alicyclic amines) is 1. The summed E-state index contributed by atoms with van der Waals surface area (Å²) in [6, 6.07) is 0.629. The van der Waals surface area contributed by atoms with E-state index in [1.54, 1.807) is 0 Å². The lowest BCUT2D eigenvalue weighted by Crippen LogP contribution is -2.38. The molecule has 1 aliphatic heterocycles. The summed E-state index contributed by atoms with van der Waals surface area (Å²) in [6.45, 7) is 3.32. The number of H-pyrrole nitrogens is 1. The van der Waals surface area contributed by atoms with E-state index in [0.717, 1.165) is 43.9 Å². The van der Waals surface area contributed by atoms with Gasteiger partial charge in [-0.3, -0.25) is 14.8 Å². The van der Waals surface area contributed by atoms with Crippen molar-refractivity contribution < 1.29 is 4.79 Å². The standard InChI is InChI=1S/C12H19N5O/c1-8-13-12(16-15-8)10-3-2-6-17(10)7-11(18)14-9-4-5-9/h9-10H,2-7H2,1H3,(H,14,18)(H,13,15,16)/t10-/m0/s1. The van der Waals surface area contributed by atoms with Gasteiger partial charge in [0.25, 0.3) is 0 Å².